The lowest BCUT2D eigenvalue weighted by molar-refractivity contribution is -0.0958. The van der Waals surface area contributed by atoms with Gasteiger partial charge >= 0.3 is 0 Å². The van der Waals surface area contributed by atoms with Crippen LogP contribution in [-0.4, -0.2) is 34.6 Å². The number of halogens is 1. The van der Waals surface area contributed by atoms with Crippen LogP contribution in [0.4, 0.5) is 0 Å². The highest BCUT2D eigenvalue weighted by Crippen LogP contribution is 2.44. The first kappa shape index (κ1) is 11.1. The zero-order valence-electron chi connectivity index (χ0n) is 9.40. The summed E-state index contributed by atoms with van der Waals surface area (Å²) in [6, 6.07) is 6.86. The van der Waals surface area contributed by atoms with Crippen LogP contribution in [0, 0.1) is 5.92 Å². The first-order chi connectivity index (χ1) is 8.08. The number of hydrogen-bond donors (Lipinski definition) is 1. The minimum atomic E-state index is -0.609. The van der Waals surface area contributed by atoms with Crippen molar-refractivity contribution in [1.29, 1.82) is 0 Å². The number of benzene rings is 1. The van der Waals surface area contributed by atoms with Crippen LogP contribution >= 0.6 is 11.6 Å². The van der Waals surface area contributed by atoms with Gasteiger partial charge in [0.2, 0.25) is 0 Å². The second-order valence-corrected chi connectivity index (χ2v) is 5.48. The minimum Gasteiger partial charge on any atom is -0.386 e. The van der Waals surface area contributed by atoms with Crippen LogP contribution in [0.5, 0.6) is 0 Å². The van der Waals surface area contributed by atoms with Crippen LogP contribution in [0.2, 0.25) is 5.02 Å². The highest BCUT2D eigenvalue weighted by Gasteiger charge is 2.53. The van der Waals surface area contributed by atoms with Gasteiger partial charge in [-0.1, -0.05) is 11.6 Å². The summed E-state index contributed by atoms with van der Waals surface area (Å²) >= 11 is 5.77. The Morgan fingerprint density at radius 3 is 2.41 bits per heavy atom. The lowest BCUT2D eigenvalue weighted by Gasteiger charge is -2.47. The number of amides is 1. The zero-order chi connectivity index (χ0) is 12.0. The summed E-state index contributed by atoms with van der Waals surface area (Å²) in [7, 11) is 0. The maximum Gasteiger partial charge on any atom is 0.254 e. The number of likely N-dealkylation sites (tertiary alicyclic amines) is 1. The van der Waals surface area contributed by atoms with E-state index in [0.29, 0.717) is 29.6 Å². The summed E-state index contributed by atoms with van der Waals surface area (Å²) in [6.07, 6.45) is 2.19. The van der Waals surface area contributed by atoms with Crippen molar-refractivity contribution in [3.63, 3.8) is 0 Å². The third kappa shape index (κ3) is 1.94. The smallest absolute Gasteiger partial charge is 0.254 e. The molecule has 0 unspecified atom stereocenters. The molecule has 1 N–H and O–H groups in total. The van der Waals surface area contributed by atoms with Crippen molar-refractivity contribution >= 4 is 17.5 Å². The quantitative estimate of drug-likeness (QED) is 0.873. The molecule has 2 aliphatic rings. The molecular formula is C13H14ClNO2. The van der Waals surface area contributed by atoms with Gasteiger partial charge in [-0.3, -0.25) is 4.79 Å². The normalized spacial score (nSPS) is 22.1. The Morgan fingerprint density at radius 2 is 1.88 bits per heavy atom. The van der Waals surface area contributed by atoms with E-state index in [1.54, 1.807) is 29.2 Å². The highest BCUT2D eigenvalue weighted by atomic mass is 35.5. The molecule has 1 saturated heterocycles. The lowest BCUT2D eigenvalue weighted by Crippen LogP contribution is -2.64. The maximum absolute atomic E-state index is 12.0. The van der Waals surface area contributed by atoms with E-state index in [-0.39, 0.29) is 5.91 Å². The molecule has 0 radical (unpaired) electrons. The Morgan fingerprint density at radius 1 is 1.29 bits per heavy atom. The average molecular weight is 252 g/mol. The molecule has 1 heterocycles. The third-order valence-corrected chi connectivity index (χ3v) is 3.90. The SMILES string of the molecule is O=C(c1ccc(Cl)cc1)N1CC(O)(C2CC2)C1. The fourth-order valence-corrected chi connectivity index (χ4v) is 2.54. The van der Waals surface area contributed by atoms with E-state index in [0.717, 1.165) is 12.8 Å². The predicted octanol–water partition coefficient (Wildman–Crippen LogP) is 1.94. The van der Waals surface area contributed by atoms with Crippen LogP contribution in [0.3, 0.4) is 0 Å². The molecular weight excluding hydrogens is 238 g/mol. The van der Waals surface area contributed by atoms with E-state index >= 15 is 0 Å². The molecule has 17 heavy (non-hydrogen) atoms. The highest BCUT2D eigenvalue weighted by molar-refractivity contribution is 6.30. The van der Waals surface area contributed by atoms with Gasteiger partial charge in [0, 0.05) is 10.6 Å². The van der Waals surface area contributed by atoms with Crippen molar-refractivity contribution in [2.45, 2.75) is 18.4 Å². The molecule has 3 rings (SSSR count). The van der Waals surface area contributed by atoms with E-state index in [1.165, 1.54) is 0 Å². The van der Waals surface area contributed by atoms with Gasteiger partial charge in [-0.05, 0) is 43.0 Å². The molecule has 0 spiro atoms. The van der Waals surface area contributed by atoms with Crippen LogP contribution in [0.25, 0.3) is 0 Å². The lowest BCUT2D eigenvalue weighted by atomic mass is 9.88. The largest absolute Gasteiger partial charge is 0.386 e. The molecule has 1 aromatic carbocycles. The first-order valence-electron chi connectivity index (χ1n) is 5.86. The van der Waals surface area contributed by atoms with E-state index in [4.69, 9.17) is 11.6 Å². The second-order valence-electron chi connectivity index (χ2n) is 5.05. The molecule has 4 heteroatoms. The van der Waals surface area contributed by atoms with Crippen molar-refractivity contribution in [2.24, 2.45) is 5.92 Å². The van der Waals surface area contributed by atoms with E-state index in [9.17, 15) is 9.90 Å². The standard InChI is InChI=1S/C13H14ClNO2/c14-11-5-1-9(2-6-11)12(16)15-7-13(17,8-15)10-3-4-10/h1-2,5-6,10,17H,3-4,7-8H2. The minimum absolute atomic E-state index is 0.0213. The summed E-state index contributed by atoms with van der Waals surface area (Å²) in [5.74, 6) is 0.392. The monoisotopic (exact) mass is 251 g/mol. The Kier molecular flexibility index (Phi) is 2.42. The van der Waals surface area contributed by atoms with Gasteiger partial charge in [0.15, 0.2) is 0 Å². The fourth-order valence-electron chi connectivity index (χ4n) is 2.41. The topological polar surface area (TPSA) is 40.5 Å². The molecule has 2 fully saturated rings. The number of nitrogens with zero attached hydrogens (tertiary/aromatic N) is 1. The van der Waals surface area contributed by atoms with Gasteiger partial charge in [-0.2, -0.15) is 0 Å². The molecule has 3 nitrogen and oxygen atoms in total. The molecule has 0 atom stereocenters. The van der Waals surface area contributed by atoms with Gasteiger partial charge < -0.3 is 10.0 Å². The van der Waals surface area contributed by atoms with Gasteiger partial charge in [-0.25, -0.2) is 0 Å². The summed E-state index contributed by atoms with van der Waals surface area (Å²) in [5.41, 5.74) is 0.0227. The van der Waals surface area contributed by atoms with E-state index in [2.05, 4.69) is 0 Å². The van der Waals surface area contributed by atoms with Crippen LogP contribution < -0.4 is 0 Å². The molecule has 0 aromatic heterocycles. The van der Waals surface area contributed by atoms with Crippen molar-refractivity contribution in [1.82, 2.24) is 4.90 Å². The number of aliphatic hydroxyl groups is 1. The number of hydrogen-bond acceptors (Lipinski definition) is 2. The van der Waals surface area contributed by atoms with Gasteiger partial charge in [0.05, 0.1) is 13.1 Å². The Labute approximate surface area is 105 Å². The first-order valence-corrected chi connectivity index (χ1v) is 6.23. The number of carbonyl (C=O) groups excluding carboxylic acids is 1. The van der Waals surface area contributed by atoms with Crippen molar-refractivity contribution in [2.75, 3.05) is 13.1 Å². The molecule has 1 amide bonds. The van der Waals surface area contributed by atoms with Crippen LogP contribution in [0.15, 0.2) is 24.3 Å². The molecule has 1 aliphatic heterocycles. The predicted molar refractivity (Wildman–Crippen MR) is 65.0 cm³/mol. The molecule has 1 aromatic rings. The average Bonchev–Trinajstić information content (AvgIpc) is 3.09. The second kappa shape index (κ2) is 3.72. The zero-order valence-corrected chi connectivity index (χ0v) is 10.2. The Bertz CT molecular complexity index is 447. The van der Waals surface area contributed by atoms with Gasteiger partial charge in [0.25, 0.3) is 5.91 Å². The van der Waals surface area contributed by atoms with Crippen molar-refractivity contribution < 1.29 is 9.90 Å². The molecule has 1 saturated carbocycles. The van der Waals surface area contributed by atoms with Crippen molar-refractivity contribution in [3.8, 4) is 0 Å². The number of rotatable bonds is 2. The third-order valence-electron chi connectivity index (χ3n) is 3.64. The van der Waals surface area contributed by atoms with Crippen molar-refractivity contribution in [3.05, 3.63) is 34.9 Å². The summed E-state index contributed by atoms with van der Waals surface area (Å²) < 4.78 is 0. The molecule has 0 bridgehead atoms. The van der Waals surface area contributed by atoms with Crippen LogP contribution in [0.1, 0.15) is 23.2 Å². The number of carbonyl (C=O) groups is 1. The molecule has 90 valence electrons. The summed E-state index contributed by atoms with van der Waals surface area (Å²) in [4.78, 5) is 13.7. The van der Waals surface area contributed by atoms with Gasteiger partial charge in [0.1, 0.15) is 5.60 Å². The maximum atomic E-state index is 12.0. The van der Waals surface area contributed by atoms with E-state index < -0.39 is 5.60 Å². The van der Waals surface area contributed by atoms with Gasteiger partial charge in [-0.15, -0.1) is 0 Å². The fraction of sp³-hybridized carbons (Fsp3) is 0.462. The number of β-amino-alcohol motifs (C(OH)–C–C–N with tert-alkyl or cyclic N) is 1. The summed E-state index contributed by atoms with van der Waals surface area (Å²) in [6.45, 7) is 0.943. The van der Waals surface area contributed by atoms with E-state index in [1.807, 2.05) is 0 Å². The summed E-state index contributed by atoms with van der Waals surface area (Å²) in [5, 5.41) is 10.8. The van der Waals surface area contributed by atoms with Crippen LogP contribution in [-0.2, 0) is 0 Å². The Balaban J connectivity index is 1.66. The Hall–Kier alpha value is -1.06. The molecule has 1 aliphatic carbocycles.